The monoisotopic (exact) mass is 185 g/mol. The molecule has 1 heterocycles. The molecule has 1 amide bonds. The van der Waals surface area contributed by atoms with Crippen LogP contribution in [0.3, 0.4) is 0 Å². The average Bonchev–Trinajstić information content (AvgIpc) is 2.56. The van der Waals surface area contributed by atoms with Crippen molar-refractivity contribution in [2.45, 2.75) is 25.8 Å². The lowest BCUT2D eigenvalue weighted by Gasteiger charge is -2.16. The number of carbonyl (C=O) groups is 1. The van der Waals surface area contributed by atoms with Gasteiger partial charge in [0.15, 0.2) is 0 Å². The SMILES string of the molecule is CC(NCCN1CCCC1)C(N)=O. The summed E-state index contributed by atoms with van der Waals surface area (Å²) in [4.78, 5) is 13.1. The van der Waals surface area contributed by atoms with Crippen LogP contribution in [0.1, 0.15) is 19.8 Å². The number of hydrogen-bond donors (Lipinski definition) is 2. The van der Waals surface area contributed by atoms with Crippen LogP contribution in [0.5, 0.6) is 0 Å². The standard InChI is InChI=1S/C9H19N3O/c1-8(9(10)13)11-4-7-12-5-2-3-6-12/h8,11H,2-7H2,1H3,(H2,10,13). The van der Waals surface area contributed by atoms with Gasteiger partial charge in [0.05, 0.1) is 6.04 Å². The number of nitrogens with one attached hydrogen (secondary N) is 1. The molecule has 0 spiro atoms. The highest BCUT2D eigenvalue weighted by atomic mass is 16.1. The topological polar surface area (TPSA) is 58.4 Å². The van der Waals surface area contributed by atoms with Crippen LogP contribution in [-0.4, -0.2) is 43.0 Å². The zero-order chi connectivity index (χ0) is 9.68. The molecule has 13 heavy (non-hydrogen) atoms. The molecule has 76 valence electrons. The van der Waals surface area contributed by atoms with Crippen LogP contribution < -0.4 is 11.1 Å². The van der Waals surface area contributed by atoms with Gasteiger partial charge in [-0.1, -0.05) is 0 Å². The Hall–Kier alpha value is -0.610. The molecule has 1 unspecified atom stereocenters. The second kappa shape index (κ2) is 5.19. The molecule has 1 aliphatic rings. The van der Waals surface area contributed by atoms with Crippen molar-refractivity contribution in [2.75, 3.05) is 26.2 Å². The smallest absolute Gasteiger partial charge is 0.234 e. The van der Waals surface area contributed by atoms with Crippen molar-refractivity contribution >= 4 is 5.91 Å². The summed E-state index contributed by atoms with van der Waals surface area (Å²) in [6, 6.07) is -0.206. The summed E-state index contributed by atoms with van der Waals surface area (Å²) in [7, 11) is 0. The van der Waals surface area contributed by atoms with Crippen molar-refractivity contribution in [3.8, 4) is 0 Å². The summed E-state index contributed by atoms with van der Waals surface area (Å²) in [5, 5.41) is 3.09. The lowest BCUT2D eigenvalue weighted by atomic mass is 10.3. The number of likely N-dealkylation sites (tertiary alicyclic amines) is 1. The number of nitrogens with zero attached hydrogens (tertiary/aromatic N) is 1. The maximum Gasteiger partial charge on any atom is 0.234 e. The largest absolute Gasteiger partial charge is 0.368 e. The van der Waals surface area contributed by atoms with Gasteiger partial charge in [-0.15, -0.1) is 0 Å². The molecule has 0 aromatic carbocycles. The van der Waals surface area contributed by atoms with Crippen LogP contribution >= 0.6 is 0 Å². The molecule has 1 atom stereocenters. The van der Waals surface area contributed by atoms with Gasteiger partial charge in [-0.25, -0.2) is 0 Å². The van der Waals surface area contributed by atoms with Crippen molar-refractivity contribution in [1.82, 2.24) is 10.2 Å². The first-order valence-electron chi connectivity index (χ1n) is 4.95. The van der Waals surface area contributed by atoms with Gasteiger partial charge in [0.2, 0.25) is 5.91 Å². The first-order chi connectivity index (χ1) is 6.20. The molecule has 0 aromatic heterocycles. The molecule has 0 radical (unpaired) electrons. The van der Waals surface area contributed by atoms with E-state index in [1.54, 1.807) is 6.92 Å². The average molecular weight is 185 g/mol. The Morgan fingerprint density at radius 1 is 1.54 bits per heavy atom. The summed E-state index contributed by atoms with van der Waals surface area (Å²) < 4.78 is 0. The molecule has 0 saturated carbocycles. The Bertz CT molecular complexity index is 166. The highest BCUT2D eigenvalue weighted by molar-refractivity contribution is 5.79. The van der Waals surface area contributed by atoms with E-state index >= 15 is 0 Å². The van der Waals surface area contributed by atoms with E-state index in [1.165, 1.54) is 25.9 Å². The molecule has 4 nitrogen and oxygen atoms in total. The molecular weight excluding hydrogens is 166 g/mol. The van der Waals surface area contributed by atoms with E-state index in [1.807, 2.05) is 0 Å². The first-order valence-corrected chi connectivity index (χ1v) is 4.95. The molecule has 0 aliphatic carbocycles. The van der Waals surface area contributed by atoms with Crippen LogP contribution in [0.15, 0.2) is 0 Å². The third-order valence-electron chi connectivity index (χ3n) is 2.50. The molecule has 0 aromatic rings. The molecule has 1 aliphatic heterocycles. The predicted octanol–water partition coefficient (Wildman–Crippen LogP) is -0.454. The number of amides is 1. The van der Waals surface area contributed by atoms with E-state index in [2.05, 4.69) is 10.2 Å². The minimum Gasteiger partial charge on any atom is -0.368 e. The lowest BCUT2D eigenvalue weighted by molar-refractivity contribution is -0.119. The van der Waals surface area contributed by atoms with E-state index in [0.717, 1.165) is 13.1 Å². The van der Waals surface area contributed by atoms with Crippen LogP contribution in [0, 0.1) is 0 Å². The van der Waals surface area contributed by atoms with Crippen LogP contribution in [-0.2, 0) is 4.79 Å². The minimum atomic E-state index is -0.276. The molecule has 3 N–H and O–H groups in total. The molecule has 4 heteroatoms. The Kier molecular flexibility index (Phi) is 4.18. The zero-order valence-electron chi connectivity index (χ0n) is 8.25. The van der Waals surface area contributed by atoms with Gasteiger partial charge < -0.3 is 16.0 Å². The summed E-state index contributed by atoms with van der Waals surface area (Å²) in [6.45, 7) is 6.08. The number of carbonyl (C=O) groups excluding carboxylic acids is 1. The maximum atomic E-state index is 10.7. The summed E-state index contributed by atoms with van der Waals surface area (Å²) >= 11 is 0. The summed E-state index contributed by atoms with van der Waals surface area (Å²) in [6.07, 6.45) is 2.62. The molecular formula is C9H19N3O. The number of hydrogen-bond acceptors (Lipinski definition) is 3. The summed E-state index contributed by atoms with van der Waals surface area (Å²) in [5.41, 5.74) is 5.12. The molecule has 1 rings (SSSR count). The maximum absolute atomic E-state index is 10.7. The van der Waals surface area contributed by atoms with Gasteiger partial charge in [0.1, 0.15) is 0 Å². The normalized spacial score (nSPS) is 20.4. The van der Waals surface area contributed by atoms with Gasteiger partial charge in [0.25, 0.3) is 0 Å². The predicted molar refractivity (Wildman–Crippen MR) is 52.3 cm³/mol. The highest BCUT2D eigenvalue weighted by Crippen LogP contribution is 2.05. The molecule has 0 bridgehead atoms. The third-order valence-corrected chi connectivity index (χ3v) is 2.50. The van der Waals surface area contributed by atoms with Gasteiger partial charge in [0, 0.05) is 13.1 Å². The number of nitrogens with two attached hydrogens (primary N) is 1. The Labute approximate surface area is 79.5 Å². The van der Waals surface area contributed by atoms with Crippen LogP contribution in [0.25, 0.3) is 0 Å². The van der Waals surface area contributed by atoms with Gasteiger partial charge in [-0.2, -0.15) is 0 Å². The quantitative estimate of drug-likeness (QED) is 0.609. The van der Waals surface area contributed by atoms with E-state index in [0.29, 0.717) is 0 Å². The second-order valence-corrected chi connectivity index (χ2v) is 3.63. The van der Waals surface area contributed by atoms with Crippen molar-refractivity contribution < 1.29 is 4.79 Å². The van der Waals surface area contributed by atoms with E-state index < -0.39 is 0 Å². The Balaban J connectivity index is 2.02. The van der Waals surface area contributed by atoms with Crippen molar-refractivity contribution in [3.05, 3.63) is 0 Å². The van der Waals surface area contributed by atoms with Gasteiger partial charge >= 0.3 is 0 Å². The van der Waals surface area contributed by atoms with Crippen LogP contribution in [0.2, 0.25) is 0 Å². The molecule has 1 saturated heterocycles. The fraction of sp³-hybridized carbons (Fsp3) is 0.889. The highest BCUT2D eigenvalue weighted by Gasteiger charge is 2.12. The van der Waals surface area contributed by atoms with E-state index in [-0.39, 0.29) is 11.9 Å². The summed E-state index contributed by atoms with van der Waals surface area (Å²) in [5.74, 6) is -0.276. The molecule has 1 fully saturated rings. The van der Waals surface area contributed by atoms with Crippen molar-refractivity contribution in [1.29, 1.82) is 0 Å². The first kappa shape index (κ1) is 10.5. The fourth-order valence-electron chi connectivity index (χ4n) is 1.55. The Morgan fingerprint density at radius 3 is 2.69 bits per heavy atom. The fourth-order valence-corrected chi connectivity index (χ4v) is 1.55. The van der Waals surface area contributed by atoms with Gasteiger partial charge in [-0.3, -0.25) is 4.79 Å². The van der Waals surface area contributed by atoms with E-state index in [9.17, 15) is 4.79 Å². The number of primary amides is 1. The minimum absolute atomic E-state index is 0.206. The third kappa shape index (κ3) is 3.74. The van der Waals surface area contributed by atoms with E-state index in [4.69, 9.17) is 5.73 Å². The lowest BCUT2D eigenvalue weighted by Crippen LogP contribution is -2.42. The van der Waals surface area contributed by atoms with Gasteiger partial charge in [-0.05, 0) is 32.9 Å². The number of rotatable bonds is 5. The van der Waals surface area contributed by atoms with Crippen molar-refractivity contribution in [3.63, 3.8) is 0 Å². The second-order valence-electron chi connectivity index (χ2n) is 3.63. The zero-order valence-corrected chi connectivity index (χ0v) is 8.25. The Morgan fingerprint density at radius 2 is 2.15 bits per heavy atom. The van der Waals surface area contributed by atoms with Crippen LogP contribution in [0.4, 0.5) is 0 Å². The van der Waals surface area contributed by atoms with Crippen molar-refractivity contribution in [2.24, 2.45) is 5.73 Å².